The fraction of sp³-hybridized carbons (Fsp3) is 0.636. The maximum Gasteiger partial charge on any atom is 0.223 e. The monoisotopic (exact) mass is 371 g/mol. The van der Waals surface area contributed by atoms with Crippen LogP contribution in [0.25, 0.3) is 0 Å². The molecule has 1 saturated carbocycles. The Morgan fingerprint density at radius 3 is 2.56 bits per heavy atom. The number of carbonyl (C=O) groups is 2. The second-order valence-corrected chi connectivity index (χ2v) is 8.07. The molecule has 2 aliphatic heterocycles. The number of benzene rings is 1. The molecule has 0 N–H and O–H groups in total. The number of nitrogens with zero attached hydrogens (tertiary/aromatic N) is 1. The van der Waals surface area contributed by atoms with Gasteiger partial charge in [-0.15, -0.1) is 0 Å². The van der Waals surface area contributed by atoms with Crippen molar-refractivity contribution >= 4 is 11.7 Å². The number of Topliss-reactive ketones (excluding diaryl/α,β-unsaturated/α-hetero) is 1. The summed E-state index contributed by atoms with van der Waals surface area (Å²) in [5.74, 6) is 2.92. The molecule has 2 atom stereocenters. The fourth-order valence-electron chi connectivity index (χ4n) is 4.69. The molecule has 146 valence electrons. The first kappa shape index (κ1) is 18.3. The smallest absolute Gasteiger partial charge is 0.223 e. The first-order valence-electron chi connectivity index (χ1n) is 10.4. The van der Waals surface area contributed by atoms with Crippen LogP contribution in [0.3, 0.4) is 0 Å². The number of ether oxygens (including phenoxy) is 2. The van der Waals surface area contributed by atoms with Crippen LogP contribution in [-0.4, -0.2) is 42.9 Å². The van der Waals surface area contributed by atoms with Crippen LogP contribution in [0.15, 0.2) is 18.2 Å². The van der Waals surface area contributed by atoms with E-state index in [2.05, 4.69) is 0 Å². The zero-order valence-corrected chi connectivity index (χ0v) is 16.0. The van der Waals surface area contributed by atoms with Crippen molar-refractivity contribution in [2.75, 3.05) is 26.3 Å². The average molecular weight is 371 g/mol. The molecule has 0 radical (unpaired) electrons. The van der Waals surface area contributed by atoms with Crippen molar-refractivity contribution in [2.45, 2.75) is 51.4 Å². The van der Waals surface area contributed by atoms with E-state index >= 15 is 0 Å². The molecule has 2 heterocycles. The van der Waals surface area contributed by atoms with Gasteiger partial charge < -0.3 is 14.4 Å². The SMILES string of the molecule is O=C(CCC(=O)N1CCC2CCCCC2C1)c1ccc2c(c1)OCCCO2. The summed E-state index contributed by atoms with van der Waals surface area (Å²) in [7, 11) is 0. The lowest BCUT2D eigenvalue weighted by atomic mass is 9.75. The number of likely N-dealkylation sites (tertiary alicyclic amines) is 1. The van der Waals surface area contributed by atoms with E-state index in [4.69, 9.17) is 9.47 Å². The Morgan fingerprint density at radius 2 is 1.70 bits per heavy atom. The summed E-state index contributed by atoms with van der Waals surface area (Å²) in [5, 5.41) is 0. The van der Waals surface area contributed by atoms with Crippen LogP contribution < -0.4 is 9.47 Å². The van der Waals surface area contributed by atoms with Gasteiger partial charge >= 0.3 is 0 Å². The lowest BCUT2D eigenvalue weighted by Crippen LogP contribution is -2.44. The maximum absolute atomic E-state index is 12.6. The molecule has 2 unspecified atom stereocenters. The number of amides is 1. The molecule has 0 aromatic heterocycles. The summed E-state index contributed by atoms with van der Waals surface area (Å²) in [6, 6.07) is 5.32. The van der Waals surface area contributed by atoms with Gasteiger partial charge in [-0.25, -0.2) is 0 Å². The Hall–Kier alpha value is -2.04. The van der Waals surface area contributed by atoms with Gasteiger partial charge in [-0.3, -0.25) is 9.59 Å². The highest BCUT2D eigenvalue weighted by atomic mass is 16.5. The van der Waals surface area contributed by atoms with E-state index in [1.54, 1.807) is 18.2 Å². The summed E-state index contributed by atoms with van der Waals surface area (Å²) in [6.45, 7) is 2.98. The van der Waals surface area contributed by atoms with E-state index < -0.39 is 0 Å². The van der Waals surface area contributed by atoms with E-state index in [-0.39, 0.29) is 18.1 Å². The highest BCUT2D eigenvalue weighted by molar-refractivity contribution is 5.98. The zero-order valence-electron chi connectivity index (χ0n) is 16.0. The molecule has 1 aromatic rings. The van der Waals surface area contributed by atoms with Crippen molar-refractivity contribution in [3.8, 4) is 11.5 Å². The number of fused-ring (bicyclic) bond motifs is 2. The van der Waals surface area contributed by atoms with Gasteiger partial charge in [-0.1, -0.05) is 19.3 Å². The fourth-order valence-corrected chi connectivity index (χ4v) is 4.69. The van der Waals surface area contributed by atoms with Crippen LogP contribution in [0.2, 0.25) is 0 Å². The van der Waals surface area contributed by atoms with E-state index in [0.29, 0.717) is 42.6 Å². The Balaban J connectivity index is 1.31. The molecule has 4 rings (SSSR count). The van der Waals surface area contributed by atoms with Crippen LogP contribution in [0.1, 0.15) is 61.7 Å². The minimum Gasteiger partial charge on any atom is -0.490 e. The van der Waals surface area contributed by atoms with Gasteiger partial charge in [0.1, 0.15) is 0 Å². The Labute approximate surface area is 161 Å². The van der Waals surface area contributed by atoms with Crippen molar-refractivity contribution in [1.29, 1.82) is 0 Å². The van der Waals surface area contributed by atoms with Gasteiger partial charge in [0.15, 0.2) is 17.3 Å². The summed E-state index contributed by atoms with van der Waals surface area (Å²) in [5.41, 5.74) is 0.595. The van der Waals surface area contributed by atoms with E-state index in [9.17, 15) is 9.59 Å². The second kappa shape index (κ2) is 8.32. The van der Waals surface area contributed by atoms with Crippen molar-refractivity contribution in [2.24, 2.45) is 11.8 Å². The Kier molecular flexibility index (Phi) is 5.65. The standard InChI is InChI=1S/C22H29NO4/c24-19(17-6-8-20-21(14-17)27-13-3-12-26-20)7-9-22(25)23-11-10-16-4-1-2-5-18(16)15-23/h6,8,14,16,18H,1-5,7,9-13,15H2. The molecule has 1 saturated heterocycles. The molecule has 0 bridgehead atoms. The number of rotatable bonds is 4. The third-order valence-corrected chi connectivity index (χ3v) is 6.28. The normalized spacial score (nSPS) is 24.7. The van der Waals surface area contributed by atoms with Crippen LogP contribution in [0.4, 0.5) is 0 Å². The first-order valence-corrected chi connectivity index (χ1v) is 10.4. The van der Waals surface area contributed by atoms with Crippen molar-refractivity contribution < 1.29 is 19.1 Å². The van der Waals surface area contributed by atoms with Gasteiger partial charge in [-0.2, -0.15) is 0 Å². The third-order valence-electron chi connectivity index (χ3n) is 6.28. The molecule has 5 nitrogen and oxygen atoms in total. The van der Waals surface area contributed by atoms with Crippen LogP contribution in [0, 0.1) is 11.8 Å². The third kappa shape index (κ3) is 4.28. The number of hydrogen-bond donors (Lipinski definition) is 0. The van der Waals surface area contributed by atoms with Gasteiger partial charge in [0.05, 0.1) is 13.2 Å². The summed E-state index contributed by atoms with van der Waals surface area (Å²) in [6.07, 6.45) is 7.75. The van der Waals surface area contributed by atoms with Crippen molar-refractivity contribution in [3.63, 3.8) is 0 Å². The Morgan fingerprint density at radius 1 is 0.926 bits per heavy atom. The summed E-state index contributed by atoms with van der Waals surface area (Å²) >= 11 is 0. The minimum absolute atomic E-state index is 0.00782. The molecule has 1 aromatic carbocycles. The number of hydrogen-bond acceptors (Lipinski definition) is 4. The molecular weight excluding hydrogens is 342 g/mol. The lowest BCUT2D eigenvalue weighted by Gasteiger charge is -2.41. The van der Waals surface area contributed by atoms with Gasteiger partial charge in [-0.05, 0) is 42.9 Å². The predicted octanol–water partition coefficient (Wildman–Crippen LogP) is 3.85. The predicted molar refractivity (Wildman–Crippen MR) is 102 cm³/mol. The van der Waals surface area contributed by atoms with Crippen LogP contribution >= 0.6 is 0 Å². The molecule has 0 spiro atoms. The molecule has 5 heteroatoms. The van der Waals surface area contributed by atoms with Crippen molar-refractivity contribution in [3.05, 3.63) is 23.8 Å². The number of carbonyl (C=O) groups excluding carboxylic acids is 2. The quantitative estimate of drug-likeness (QED) is 0.755. The molecule has 3 aliphatic rings. The van der Waals surface area contributed by atoms with Gasteiger partial charge in [0.25, 0.3) is 0 Å². The molecule has 2 fully saturated rings. The maximum atomic E-state index is 12.6. The zero-order chi connectivity index (χ0) is 18.6. The summed E-state index contributed by atoms with van der Waals surface area (Å²) in [4.78, 5) is 27.2. The van der Waals surface area contributed by atoms with E-state index in [1.165, 1.54) is 25.7 Å². The van der Waals surface area contributed by atoms with Gasteiger partial charge in [0, 0.05) is 37.9 Å². The largest absolute Gasteiger partial charge is 0.490 e. The van der Waals surface area contributed by atoms with E-state index in [1.807, 2.05) is 4.90 Å². The van der Waals surface area contributed by atoms with Gasteiger partial charge in [0.2, 0.25) is 5.91 Å². The molecular formula is C22H29NO4. The molecule has 27 heavy (non-hydrogen) atoms. The van der Waals surface area contributed by atoms with Crippen LogP contribution in [-0.2, 0) is 4.79 Å². The average Bonchev–Trinajstić information content (AvgIpc) is 2.96. The Bertz CT molecular complexity index is 702. The lowest BCUT2D eigenvalue weighted by molar-refractivity contribution is -0.134. The summed E-state index contributed by atoms with van der Waals surface area (Å²) < 4.78 is 11.3. The van der Waals surface area contributed by atoms with Crippen LogP contribution in [0.5, 0.6) is 11.5 Å². The number of piperidine rings is 1. The second-order valence-electron chi connectivity index (χ2n) is 8.07. The first-order chi connectivity index (χ1) is 13.2. The van der Waals surface area contributed by atoms with E-state index in [0.717, 1.165) is 31.8 Å². The highest BCUT2D eigenvalue weighted by Crippen LogP contribution is 2.36. The molecule has 1 amide bonds. The molecule has 1 aliphatic carbocycles. The topological polar surface area (TPSA) is 55.8 Å². The highest BCUT2D eigenvalue weighted by Gasteiger charge is 2.32. The minimum atomic E-state index is -0.00782. The number of ketones is 1. The van der Waals surface area contributed by atoms with Crippen molar-refractivity contribution in [1.82, 2.24) is 4.90 Å².